The first-order valence-corrected chi connectivity index (χ1v) is 10.1. The molecule has 1 heterocycles. The van der Waals surface area contributed by atoms with E-state index >= 15 is 0 Å². The monoisotopic (exact) mass is 359 g/mol. The second-order valence-corrected chi connectivity index (χ2v) is 6.92. The van der Waals surface area contributed by atoms with Crippen LogP contribution in [-0.2, 0) is 6.42 Å². The number of ether oxygens (including phenoxy) is 1. The molecule has 3 aromatic rings. The van der Waals surface area contributed by atoms with Gasteiger partial charge in [0, 0.05) is 17.3 Å². The molecule has 2 nitrogen and oxygen atoms in total. The zero-order valence-electron chi connectivity index (χ0n) is 16.4. The summed E-state index contributed by atoms with van der Waals surface area (Å²) in [6.07, 6.45) is 7.92. The van der Waals surface area contributed by atoms with Gasteiger partial charge >= 0.3 is 0 Å². The second-order valence-electron chi connectivity index (χ2n) is 6.92. The van der Waals surface area contributed by atoms with E-state index in [9.17, 15) is 0 Å². The Bertz CT molecular complexity index is 804. The van der Waals surface area contributed by atoms with Crippen LogP contribution in [0.4, 0.5) is 0 Å². The SMILES string of the molecule is CCCCCCOc1ccc(-c2ccc(-c3ccc(CC)cc3)nc2)cc1. The van der Waals surface area contributed by atoms with Crippen LogP contribution < -0.4 is 4.74 Å². The van der Waals surface area contributed by atoms with Crippen molar-refractivity contribution in [1.29, 1.82) is 0 Å². The standard InChI is InChI=1S/C25H29NO/c1-3-5-6-7-18-27-24-15-12-21(13-16-24)23-14-17-25(26-19-23)22-10-8-20(4-2)9-11-22/h8-17,19H,3-7,18H2,1-2H3. The minimum atomic E-state index is 0.798. The van der Waals surface area contributed by atoms with Gasteiger partial charge in [-0.05, 0) is 42.2 Å². The van der Waals surface area contributed by atoms with Gasteiger partial charge in [0.05, 0.1) is 12.3 Å². The summed E-state index contributed by atoms with van der Waals surface area (Å²) in [6, 6.07) is 21.2. The van der Waals surface area contributed by atoms with Gasteiger partial charge < -0.3 is 4.74 Å². The van der Waals surface area contributed by atoms with Gasteiger partial charge in [-0.2, -0.15) is 0 Å². The van der Waals surface area contributed by atoms with Crippen LogP contribution in [0.15, 0.2) is 66.9 Å². The molecular weight excluding hydrogens is 330 g/mol. The van der Waals surface area contributed by atoms with E-state index in [4.69, 9.17) is 4.74 Å². The molecule has 0 aliphatic carbocycles. The van der Waals surface area contributed by atoms with Crippen molar-refractivity contribution in [1.82, 2.24) is 4.98 Å². The molecule has 2 aromatic carbocycles. The van der Waals surface area contributed by atoms with E-state index in [-0.39, 0.29) is 0 Å². The Balaban J connectivity index is 1.61. The first-order valence-electron chi connectivity index (χ1n) is 10.1. The zero-order valence-corrected chi connectivity index (χ0v) is 16.4. The molecule has 0 saturated carbocycles. The van der Waals surface area contributed by atoms with E-state index in [2.05, 4.69) is 67.4 Å². The molecule has 0 saturated heterocycles. The number of unbranched alkanes of at least 4 members (excludes halogenated alkanes) is 3. The van der Waals surface area contributed by atoms with E-state index in [1.165, 1.54) is 24.8 Å². The lowest BCUT2D eigenvalue weighted by atomic mass is 10.0. The summed E-state index contributed by atoms with van der Waals surface area (Å²) in [5, 5.41) is 0. The van der Waals surface area contributed by atoms with Crippen LogP contribution in [0.2, 0.25) is 0 Å². The van der Waals surface area contributed by atoms with E-state index < -0.39 is 0 Å². The maximum absolute atomic E-state index is 5.82. The molecule has 3 rings (SSSR count). The van der Waals surface area contributed by atoms with Crippen molar-refractivity contribution in [3.05, 3.63) is 72.4 Å². The average molecular weight is 360 g/mol. The summed E-state index contributed by atoms with van der Waals surface area (Å²) in [6.45, 7) is 5.19. The lowest BCUT2D eigenvalue weighted by molar-refractivity contribution is 0.305. The van der Waals surface area contributed by atoms with Crippen molar-refractivity contribution in [2.24, 2.45) is 0 Å². The quantitative estimate of drug-likeness (QED) is 0.386. The number of aryl methyl sites for hydroxylation is 1. The van der Waals surface area contributed by atoms with Crippen LogP contribution >= 0.6 is 0 Å². The van der Waals surface area contributed by atoms with E-state index in [0.717, 1.165) is 47.6 Å². The molecule has 0 atom stereocenters. The number of benzene rings is 2. The predicted molar refractivity (Wildman–Crippen MR) is 114 cm³/mol. The average Bonchev–Trinajstić information content (AvgIpc) is 2.74. The molecule has 0 N–H and O–H groups in total. The maximum atomic E-state index is 5.82. The van der Waals surface area contributed by atoms with Gasteiger partial charge in [0.1, 0.15) is 5.75 Å². The summed E-state index contributed by atoms with van der Waals surface area (Å²) in [7, 11) is 0. The van der Waals surface area contributed by atoms with E-state index in [0.29, 0.717) is 0 Å². The van der Waals surface area contributed by atoms with Gasteiger partial charge in [0.2, 0.25) is 0 Å². The van der Waals surface area contributed by atoms with Crippen LogP contribution in [0.5, 0.6) is 5.75 Å². The number of pyridine rings is 1. The van der Waals surface area contributed by atoms with Gasteiger partial charge in [-0.15, -0.1) is 0 Å². The number of rotatable bonds is 9. The molecule has 0 aliphatic heterocycles. The summed E-state index contributed by atoms with van der Waals surface area (Å²) in [5.74, 6) is 0.941. The van der Waals surface area contributed by atoms with Gasteiger partial charge in [-0.1, -0.05) is 75.6 Å². The fourth-order valence-electron chi connectivity index (χ4n) is 3.11. The zero-order chi connectivity index (χ0) is 18.9. The van der Waals surface area contributed by atoms with Crippen LogP contribution in [0.3, 0.4) is 0 Å². The van der Waals surface area contributed by atoms with Crippen molar-refractivity contribution in [2.75, 3.05) is 6.61 Å². The third-order valence-electron chi connectivity index (χ3n) is 4.88. The van der Waals surface area contributed by atoms with Crippen molar-refractivity contribution >= 4 is 0 Å². The highest BCUT2D eigenvalue weighted by molar-refractivity contribution is 5.67. The van der Waals surface area contributed by atoms with E-state index in [1.807, 2.05) is 18.3 Å². The minimum Gasteiger partial charge on any atom is -0.494 e. The summed E-state index contributed by atoms with van der Waals surface area (Å²) < 4.78 is 5.82. The van der Waals surface area contributed by atoms with Crippen LogP contribution in [0.1, 0.15) is 45.1 Å². The Kier molecular flexibility index (Phi) is 7.04. The molecule has 0 fully saturated rings. The Morgan fingerprint density at radius 2 is 1.41 bits per heavy atom. The van der Waals surface area contributed by atoms with Crippen molar-refractivity contribution in [3.8, 4) is 28.1 Å². The third kappa shape index (κ3) is 5.43. The number of hydrogen-bond acceptors (Lipinski definition) is 2. The molecule has 140 valence electrons. The van der Waals surface area contributed by atoms with Crippen molar-refractivity contribution in [2.45, 2.75) is 46.0 Å². The molecule has 27 heavy (non-hydrogen) atoms. The molecule has 0 spiro atoms. The third-order valence-corrected chi connectivity index (χ3v) is 4.88. The molecule has 0 bridgehead atoms. The molecular formula is C25H29NO. The minimum absolute atomic E-state index is 0.798. The molecule has 0 unspecified atom stereocenters. The van der Waals surface area contributed by atoms with Gasteiger partial charge in [0.25, 0.3) is 0 Å². The Morgan fingerprint density at radius 1 is 0.704 bits per heavy atom. The van der Waals surface area contributed by atoms with Gasteiger partial charge in [-0.25, -0.2) is 0 Å². The van der Waals surface area contributed by atoms with Crippen LogP contribution in [0.25, 0.3) is 22.4 Å². The summed E-state index contributed by atoms with van der Waals surface area (Å²) in [4.78, 5) is 4.65. The first-order chi connectivity index (χ1) is 13.3. The number of hydrogen-bond donors (Lipinski definition) is 0. The Hall–Kier alpha value is -2.61. The number of nitrogens with zero attached hydrogens (tertiary/aromatic N) is 1. The topological polar surface area (TPSA) is 22.1 Å². The van der Waals surface area contributed by atoms with Crippen LogP contribution in [0, 0.1) is 0 Å². The molecule has 0 radical (unpaired) electrons. The highest BCUT2D eigenvalue weighted by Crippen LogP contribution is 2.25. The molecule has 0 aliphatic rings. The lowest BCUT2D eigenvalue weighted by Gasteiger charge is -2.08. The summed E-state index contributed by atoms with van der Waals surface area (Å²) >= 11 is 0. The first kappa shape index (κ1) is 19.2. The Morgan fingerprint density at radius 3 is 2.04 bits per heavy atom. The largest absolute Gasteiger partial charge is 0.494 e. The molecule has 1 aromatic heterocycles. The second kappa shape index (κ2) is 9.91. The highest BCUT2D eigenvalue weighted by atomic mass is 16.5. The van der Waals surface area contributed by atoms with Crippen molar-refractivity contribution < 1.29 is 4.74 Å². The van der Waals surface area contributed by atoms with Gasteiger partial charge in [0.15, 0.2) is 0 Å². The number of aromatic nitrogens is 1. The van der Waals surface area contributed by atoms with Crippen LogP contribution in [-0.4, -0.2) is 11.6 Å². The molecule has 0 amide bonds. The highest BCUT2D eigenvalue weighted by Gasteiger charge is 2.03. The normalized spacial score (nSPS) is 10.7. The summed E-state index contributed by atoms with van der Waals surface area (Å²) in [5.41, 5.74) is 5.80. The van der Waals surface area contributed by atoms with Crippen molar-refractivity contribution in [3.63, 3.8) is 0 Å². The smallest absolute Gasteiger partial charge is 0.119 e. The fourth-order valence-corrected chi connectivity index (χ4v) is 3.11. The molecule has 2 heteroatoms. The fraction of sp³-hybridized carbons (Fsp3) is 0.320. The Labute approximate surface area is 163 Å². The lowest BCUT2D eigenvalue weighted by Crippen LogP contribution is -1.97. The maximum Gasteiger partial charge on any atom is 0.119 e. The van der Waals surface area contributed by atoms with Gasteiger partial charge in [-0.3, -0.25) is 4.98 Å². The van der Waals surface area contributed by atoms with E-state index in [1.54, 1.807) is 0 Å². The predicted octanol–water partition coefficient (Wildman–Crippen LogP) is 6.94.